The van der Waals surface area contributed by atoms with Crippen LogP contribution in [0.15, 0.2) is 36.5 Å². The lowest BCUT2D eigenvalue weighted by Crippen LogP contribution is -2.12. The van der Waals surface area contributed by atoms with Crippen LogP contribution in [0, 0.1) is 19.7 Å². The monoisotopic (exact) mass is 408 g/mol. The second kappa shape index (κ2) is 8.62. The van der Waals surface area contributed by atoms with Crippen LogP contribution in [0.1, 0.15) is 22.8 Å². The van der Waals surface area contributed by atoms with Gasteiger partial charge in [-0.1, -0.05) is 0 Å². The fourth-order valence-electron chi connectivity index (χ4n) is 3.56. The Balaban J connectivity index is 1.61. The quantitative estimate of drug-likeness (QED) is 0.468. The summed E-state index contributed by atoms with van der Waals surface area (Å²) in [7, 11) is 1.91. The van der Waals surface area contributed by atoms with E-state index in [0.717, 1.165) is 52.5 Å². The minimum atomic E-state index is -0.329. The van der Waals surface area contributed by atoms with E-state index >= 15 is 0 Å². The highest BCUT2D eigenvalue weighted by atomic mass is 19.1. The normalized spacial score (nSPS) is 11.3. The van der Waals surface area contributed by atoms with Gasteiger partial charge in [-0.25, -0.2) is 4.39 Å². The number of benzene rings is 1. The third-order valence-corrected chi connectivity index (χ3v) is 5.22. The molecule has 7 nitrogen and oxygen atoms in total. The van der Waals surface area contributed by atoms with Crippen molar-refractivity contribution in [3.63, 3.8) is 0 Å². The smallest absolute Gasteiger partial charge is 0.160 e. The van der Waals surface area contributed by atoms with Gasteiger partial charge in [-0.05, 0) is 50.7 Å². The molecule has 156 valence electrons. The average molecular weight is 408 g/mol. The number of hydrogen-bond acceptors (Lipinski definition) is 5. The van der Waals surface area contributed by atoms with Crippen molar-refractivity contribution in [2.75, 3.05) is 20.2 Å². The Kier molecular flexibility index (Phi) is 5.76. The first kappa shape index (κ1) is 20.0. The van der Waals surface area contributed by atoms with E-state index in [1.54, 1.807) is 6.07 Å². The molecule has 8 heteroatoms. The number of nitrogens with zero attached hydrogens (tertiary/aromatic N) is 4. The molecular weight excluding hydrogens is 383 g/mol. The molecular formula is C22H25FN6O. The number of nitrogens with one attached hydrogen (secondary N) is 2. The number of rotatable bonds is 8. The predicted molar refractivity (Wildman–Crippen MR) is 113 cm³/mol. The van der Waals surface area contributed by atoms with E-state index in [9.17, 15) is 4.39 Å². The third-order valence-electron chi connectivity index (χ3n) is 5.22. The number of hydrogen-bond donors (Lipinski definition) is 2. The number of H-pyrrole nitrogens is 1. The van der Waals surface area contributed by atoms with Crippen molar-refractivity contribution in [3.8, 4) is 16.9 Å². The molecule has 1 aromatic carbocycles. The van der Waals surface area contributed by atoms with Crippen molar-refractivity contribution in [3.05, 3.63) is 65.1 Å². The predicted octanol–water partition coefficient (Wildman–Crippen LogP) is 3.26. The Bertz CT molecular complexity index is 1150. The minimum Gasteiger partial charge on any atom is -0.492 e. The molecule has 3 aromatic heterocycles. The summed E-state index contributed by atoms with van der Waals surface area (Å²) in [5.74, 6) is 1.05. The fourth-order valence-corrected chi connectivity index (χ4v) is 3.56. The molecule has 0 radical (unpaired) electrons. The molecule has 4 aromatic rings. The molecule has 0 unspecified atom stereocenters. The molecule has 30 heavy (non-hydrogen) atoms. The SMILES string of the molecule is CNCCc1nnc2ccc(-c3ccc(F)cc3OCCc3c(C)n[nH]c3C)cn12. The zero-order chi connectivity index (χ0) is 21.1. The van der Waals surface area contributed by atoms with Crippen LogP contribution in [-0.2, 0) is 12.8 Å². The van der Waals surface area contributed by atoms with Crippen molar-refractivity contribution in [2.24, 2.45) is 0 Å². The second-order valence-corrected chi connectivity index (χ2v) is 7.27. The lowest BCUT2D eigenvalue weighted by molar-refractivity contribution is 0.321. The molecule has 2 N–H and O–H groups in total. The molecule has 0 aliphatic heterocycles. The van der Waals surface area contributed by atoms with Gasteiger partial charge < -0.3 is 10.1 Å². The fraction of sp³-hybridized carbons (Fsp3) is 0.318. The highest BCUT2D eigenvalue weighted by Crippen LogP contribution is 2.31. The molecule has 0 amide bonds. The first-order valence-electron chi connectivity index (χ1n) is 9.98. The summed E-state index contributed by atoms with van der Waals surface area (Å²) < 4.78 is 22.0. The Morgan fingerprint density at radius 3 is 2.77 bits per heavy atom. The van der Waals surface area contributed by atoms with Crippen LogP contribution in [0.5, 0.6) is 5.75 Å². The lowest BCUT2D eigenvalue weighted by Gasteiger charge is -2.13. The molecule has 0 spiro atoms. The lowest BCUT2D eigenvalue weighted by atomic mass is 10.1. The molecule has 0 aliphatic carbocycles. The summed E-state index contributed by atoms with van der Waals surface area (Å²) in [5, 5.41) is 18.8. The Hall–Kier alpha value is -3.26. The van der Waals surface area contributed by atoms with Gasteiger partial charge >= 0.3 is 0 Å². The summed E-state index contributed by atoms with van der Waals surface area (Å²) in [4.78, 5) is 0. The summed E-state index contributed by atoms with van der Waals surface area (Å²) >= 11 is 0. The second-order valence-electron chi connectivity index (χ2n) is 7.27. The van der Waals surface area contributed by atoms with Gasteiger partial charge in [0.05, 0.1) is 12.3 Å². The van der Waals surface area contributed by atoms with Gasteiger partial charge in [-0.15, -0.1) is 10.2 Å². The maximum absolute atomic E-state index is 14.0. The Labute approximate surface area is 174 Å². The van der Waals surface area contributed by atoms with Crippen molar-refractivity contribution in [1.29, 1.82) is 0 Å². The largest absolute Gasteiger partial charge is 0.492 e. The van der Waals surface area contributed by atoms with E-state index in [1.807, 2.05) is 43.6 Å². The number of pyridine rings is 1. The number of ether oxygens (including phenoxy) is 1. The summed E-state index contributed by atoms with van der Waals surface area (Å²) in [6.07, 6.45) is 3.44. The summed E-state index contributed by atoms with van der Waals surface area (Å²) in [5.41, 5.74) is 5.64. The molecule has 0 bridgehead atoms. The molecule has 0 aliphatic rings. The van der Waals surface area contributed by atoms with Gasteiger partial charge in [0.25, 0.3) is 0 Å². The van der Waals surface area contributed by atoms with E-state index in [-0.39, 0.29) is 5.82 Å². The Morgan fingerprint density at radius 1 is 1.13 bits per heavy atom. The molecule has 0 fully saturated rings. The number of aromatic nitrogens is 5. The minimum absolute atomic E-state index is 0.329. The number of likely N-dealkylation sites (N-methyl/N-ethyl adjacent to an activating group) is 1. The number of fused-ring (bicyclic) bond motifs is 1. The molecule has 3 heterocycles. The van der Waals surface area contributed by atoms with E-state index in [2.05, 4.69) is 25.7 Å². The highest BCUT2D eigenvalue weighted by Gasteiger charge is 2.13. The summed E-state index contributed by atoms with van der Waals surface area (Å²) in [6.45, 7) is 5.19. The first-order valence-corrected chi connectivity index (χ1v) is 9.98. The third kappa shape index (κ3) is 4.04. The van der Waals surface area contributed by atoms with Gasteiger partial charge in [0.15, 0.2) is 5.65 Å². The maximum Gasteiger partial charge on any atom is 0.160 e. The first-order chi connectivity index (χ1) is 14.6. The van der Waals surface area contributed by atoms with E-state index in [0.29, 0.717) is 18.8 Å². The van der Waals surface area contributed by atoms with E-state index < -0.39 is 0 Å². The van der Waals surface area contributed by atoms with Crippen molar-refractivity contribution < 1.29 is 9.13 Å². The van der Waals surface area contributed by atoms with Crippen LogP contribution in [0.4, 0.5) is 4.39 Å². The molecule has 0 saturated carbocycles. The summed E-state index contributed by atoms with van der Waals surface area (Å²) in [6, 6.07) is 8.50. The molecule has 4 rings (SSSR count). The van der Waals surface area contributed by atoms with Crippen molar-refractivity contribution in [2.45, 2.75) is 26.7 Å². The topological polar surface area (TPSA) is 80.1 Å². The molecule has 0 saturated heterocycles. The van der Waals surface area contributed by atoms with Crippen LogP contribution in [0.2, 0.25) is 0 Å². The number of halogens is 1. The Morgan fingerprint density at radius 2 is 2.00 bits per heavy atom. The van der Waals surface area contributed by atoms with Crippen LogP contribution in [0.25, 0.3) is 16.8 Å². The van der Waals surface area contributed by atoms with Crippen LogP contribution in [0.3, 0.4) is 0 Å². The van der Waals surface area contributed by atoms with Gasteiger partial charge in [-0.3, -0.25) is 9.50 Å². The standard InChI is InChI=1S/C22H25FN6O/c1-14-18(15(2)26-25-14)9-11-30-20-12-17(23)5-6-19(20)16-4-7-21-27-28-22(8-10-24-3)29(21)13-16/h4-7,12-13,24H,8-11H2,1-3H3,(H,25,26). The van der Waals surface area contributed by atoms with Gasteiger partial charge in [0, 0.05) is 48.5 Å². The highest BCUT2D eigenvalue weighted by molar-refractivity contribution is 5.71. The van der Waals surface area contributed by atoms with Gasteiger partial charge in [-0.2, -0.15) is 5.10 Å². The maximum atomic E-state index is 14.0. The van der Waals surface area contributed by atoms with Crippen LogP contribution in [-0.4, -0.2) is 45.0 Å². The van der Waals surface area contributed by atoms with Gasteiger partial charge in [0.2, 0.25) is 0 Å². The van der Waals surface area contributed by atoms with Crippen LogP contribution >= 0.6 is 0 Å². The number of aromatic amines is 1. The molecule has 0 atom stereocenters. The zero-order valence-electron chi connectivity index (χ0n) is 17.4. The van der Waals surface area contributed by atoms with Crippen LogP contribution < -0.4 is 10.1 Å². The van der Waals surface area contributed by atoms with Crippen molar-refractivity contribution >= 4 is 5.65 Å². The van der Waals surface area contributed by atoms with E-state index in [1.165, 1.54) is 12.1 Å². The zero-order valence-corrected chi connectivity index (χ0v) is 17.4. The van der Waals surface area contributed by atoms with E-state index in [4.69, 9.17) is 4.74 Å². The van der Waals surface area contributed by atoms with Gasteiger partial charge in [0.1, 0.15) is 17.4 Å². The number of aryl methyl sites for hydroxylation is 2. The average Bonchev–Trinajstić information content (AvgIpc) is 3.29. The van der Waals surface area contributed by atoms with Crippen molar-refractivity contribution in [1.82, 2.24) is 30.1 Å².